The molecule has 17 heavy (non-hydrogen) atoms. The fraction of sp³-hybridized carbons (Fsp3) is 1.00. The fourth-order valence-corrected chi connectivity index (χ4v) is 3.52. The molecule has 3 heteroatoms. The molecule has 0 aromatic rings. The summed E-state index contributed by atoms with van der Waals surface area (Å²) in [5, 5.41) is 12.8. The molecular weight excluding hydrogens is 214 g/mol. The van der Waals surface area contributed by atoms with Crippen LogP contribution in [-0.2, 0) is 4.74 Å². The standard InChI is InChI=1S/C14H27NO2/c1-13(2,6-7-16)9-15-11-10-5-8-17-12(10)14(11,3)4/h10-12,15-16H,5-9H2,1-4H3. The van der Waals surface area contributed by atoms with Crippen molar-refractivity contribution in [3.05, 3.63) is 0 Å². The quantitative estimate of drug-likeness (QED) is 0.771. The monoisotopic (exact) mass is 241 g/mol. The van der Waals surface area contributed by atoms with E-state index in [0.717, 1.165) is 19.6 Å². The van der Waals surface area contributed by atoms with Gasteiger partial charge >= 0.3 is 0 Å². The summed E-state index contributed by atoms with van der Waals surface area (Å²) in [6.45, 7) is 11.2. The molecule has 1 aliphatic carbocycles. The fourth-order valence-electron chi connectivity index (χ4n) is 3.52. The third-order valence-electron chi connectivity index (χ3n) is 4.69. The van der Waals surface area contributed by atoms with Crippen LogP contribution < -0.4 is 5.32 Å². The van der Waals surface area contributed by atoms with Crippen LogP contribution in [0.3, 0.4) is 0 Å². The third-order valence-corrected chi connectivity index (χ3v) is 4.69. The van der Waals surface area contributed by atoms with E-state index < -0.39 is 0 Å². The van der Waals surface area contributed by atoms with Gasteiger partial charge in [0.15, 0.2) is 0 Å². The van der Waals surface area contributed by atoms with E-state index in [2.05, 4.69) is 33.0 Å². The van der Waals surface area contributed by atoms with E-state index in [1.54, 1.807) is 0 Å². The first-order chi connectivity index (χ1) is 7.88. The molecule has 1 aliphatic heterocycles. The third kappa shape index (κ3) is 2.38. The lowest BCUT2D eigenvalue weighted by atomic mass is 9.57. The molecule has 1 saturated heterocycles. The summed E-state index contributed by atoms with van der Waals surface area (Å²) >= 11 is 0. The maximum atomic E-state index is 9.04. The summed E-state index contributed by atoms with van der Waals surface area (Å²) in [5.74, 6) is 0.704. The van der Waals surface area contributed by atoms with Crippen LogP contribution in [0.25, 0.3) is 0 Å². The molecule has 2 N–H and O–H groups in total. The summed E-state index contributed by atoms with van der Waals surface area (Å²) in [4.78, 5) is 0. The molecule has 3 nitrogen and oxygen atoms in total. The predicted molar refractivity (Wildman–Crippen MR) is 68.9 cm³/mol. The molecule has 1 heterocycles. The van der Waals surface area contributed by atoms with Gasteiger partial charge in [-0.05, 0) is 18.3 Å². The van der Waals surface area contributed by atoms with Crippen LogP contribution >= 0.6 is 0 Å². The largest absolute Gasteiger partial charge is 0.396 e. The second-order valence-electron chi connectivity index (χ2n) is 7.06. The lowest BCUT2D eigenvalue weighted by Gasteiger charge is -2.55. The van der Waals surface area contributed by atoms with E-state index in [0.29, 0.717) is 18.1 Å². The lowest BCUT2D eigenvalue weighted by molar-refractivity contribution is -0.114. The van der Waals surface area contributed by atoms with Crippen molar-refractivity contribution in [3.8, 4) is 0 Å². The molecule has 0 aromatic heterocycles. The van der Waals surface area contributed by atoms with Crippen molar-refractivity contribution < 1.29 is 9.84 Å². The summed E-state index contributed by atoms with van der Waals surface area (Å²) in [6, 6.07) is 0.577. The number of rotatable bonds is 5. The van der Waals surface area contributed by atoms with Crippen LogP contribution in [-0.4, -0.2) is 37.0 Å². The van der Waals surface area contributed by atoms with Gasteiger partial charge in [-0.15, -0.1) is 0 Å². The Kier molecular flexibility index (Phi) is 3.54. The van der Waals surface area contributed by atoms with Gasteiger partial charge in [-0.2, -0.15) is 0 Å². The highest BCUT2D eigenvalue weighted by atomic mass is 16.5. The minimum Gasteiger partial charge on any atom is -0.396 e. The Labute approximate surface area is 105 Å². The average molecular weight is 241 g/mol. The van der Waals surface area contributed by atoms with Crippen molar-refractivity contribution >= 4 is 0 Å². The summed E-state index contributed by atoms with van der Waals surface area (Å²) < 4.78 is 5.80. The van der Waals surface area contributed by atoms with Gasteiger partial charge in [0, 0.05) is 37.1 Å². The summed E-state index contributed by atoms with van der Waals surface area (Å²) in [7, 11) is 0. The second kappa shape index (κ2) is 4.52. The minimum absolute atomic E-state index is 0.176. The number of nitrogens with one attached hydrogen (secondary N) is 1. The Morgan fingerprint density at radius 2 is 2.12 bits per heavy atom. The van der Waals surface area contributed by atoms with Crippen molar-refractivity contribution in [1.29, 1.82) is 0 Å². The van der Waals surface area contributed by atoms with Crippen molar-refractivity contribution in [2.45, 2.75) is 52.7 Å². The van der Waals surface area contributed by atoms with Gasteiger partial charge in [0.1, 0.15) is 0 Å². The summed E-state index contributed by atoms with van der Waals surface area (Å²) in [5.41, 5.74) is 0.436. The highest BCUT2D eigenvalue weighted by molar-refractivity contribution is 5.11. The Morgan fingerprint density at radius 1 is 1.41 bits per heavy atom. The topological polar surface area (TPSA) is 41.5 Å². The lowest BCUT2D eigenvalue weighted by Crippen LogP contribution is -2.66. The van der Waals surface area contributed by atoms with Crippen LogP contribution in [0.5, 0.6) is 0 Å². The molecule has 0 radical (unpaired) electrons. The van der Waals surface area contributed by atoms with Crippen LogP contribution in [0, 0.1) is 16.7 Å². The zero-order valence-corrected chi connectivity index (χ0v) is 11.6. The maximum Gasteiger partial charge on any atom is 0.0685 e. The molecular formula is C14H27NO2. The molecule has 0 amide bonds. The predicted octanol–water partition coefficient (Wildman–Crippen LogP) is 1.80. The van der Waals surface area contributed by atoms with Gasteiger partial charge in [-0.1, -0.05) is 27.7 Å². The van der Waals surface area contributed by atoms with Crippen molar-refractivity contribution in [1.82, 2.24) is 5.32 Å². The van der Waals surface area contributed by atoms with Crippen LogP contribution in [0.4, 0.5) is 0 Å². The number of hydrogen-bond acceptors (Lipinski definition) is 3. The number of hydrogen-bond donors (Lipinski definition) is 2. The average Bonchev–Trinajstić information content (AvgIpc) is 2.63. The van der Waals surface area contributed by atoms with E-state index in [1.165, 1.54) is 6.42 Å². The molecule has 3 unspecified atom stereocenters. The first-order valence-corrected chi connectivity index (χ1v) is 6.84. The molecule has 1 saturated carbocycles. The first-order valence-electron chi connectivity index (χ1n) is 6.84. The normalized spacial score (nSPS) is 35.5. The van der Waals surface area contributed by atoms with Crippen molar-refractivity contribution in [2.75, 3.05) is 19.8 Å². The Hall–Kier alpha value is -0.120. The molecule has 3 atom stereocenters. The van der Waals surface area contributed by atoms with Crippen LogP contribution in [0.15, 0.2) is 0 Å². The van der Waals surface area contributed by atoms with Gasteiger partial charge in [0.25, 0.3) is 0 Å². The Bertz CT molecular complexity index is 275. The van der Waals surface area contributed by atoms with Crippen LogP contribution in [0.1, 0.15) is 40.5 Å². The molecule has 2 rings (SSSR count). The minimum atomic E-state index is 0.176. The van der Waals surface area contributed by atoms with Gasteiger partial charge in [-0.25, -0.2) is 0 Å². The zero-order valence-electron chi connectivity index (χ0n) is 11.6. The molecule has 2 fully saturated rings. The molecule has 2 aliphatic rings. The van der Waals surface area contributed by atoms with Gasteiger partial charge in [-0.3, -0.25) is 0 Å². The maximum absolute atomic E-state index is 9.04. The van der Waals surface area contributed by atoms with E-state index in [9.17, 15) is 0 Å². The van der Waals surface area contributed by atoms with Crippen molar-refractivity contribution in [2.24, 2.45) is 16.7 Å². The second-order valence-corrected chi connectivity index (χ2v) is 7.06. The molecule has 0 spiro atoms. The Balaban J connectivity index is 1.87. The molecule has 100 valence electrons. The highest BCUT2D eigenvalue weighted by Crippen LogP contribution is 2.52. The number of ether oxygens (including phenoxy) is 1. The van der Waals surface area contributed by atoms with E-state index >= 15 is 0 Å². The van der Waals surface area contributed by atoms with E-state index in [-0.39, 0.29) is 17.4 Å². The zero-order chi connectivity index (χ0) is 12.7. The van der Waals surface area contributed by atoms with Gasteiger partial charge < -0.3 is 15.2 Å². The number of aliphatic hydroxyl groups is 1. The molecule has 0 bridgehead atoms. The van der Waals surface area contributed by atoms with E-state index in [4.69, 9.17) is 9.84 Å². The Morgan fingerprint density at radius 3 is 2.76 bits per heavy atom. The SMILES string of the molecule is CC(C)(CCO)CNC1C2CCOC2C1(C)C. The number of aliphatic hydroxyl groups excluding tert-OH is 1. The number of fused-ring (bicyclic) bond motifs is 1. The summed E-state index contributed by atoms with van der Waals surface area (Å²) in [6.07, 6.45) is 2.52. The first kappa shape index (κ1) is 13.3. The van der Waals surface area contributed by atoms with Gasteiger partial charge in [0.05, 0.1) is 6.10 Å². The van der Waals surface area contributed by atoms with E-state index in [1.807, 2.05) is 0 Å². The van der Waals surface area contributed by atoms with Crippen molar-refractivity contribution in [3.63, 3.8) is 0 Å². The smallest absolute Gasteiger partial charge is 0.0685 e. The molecule has 0 aromatic carbocycles. The van der Waals surface area contributed by atoms with Gasteiger partial charge in [0.2, 0.25) is 0 Å². The van der Waals surface area contributed by atoms with Crippen LogP contribution in [0.2, 0.25) is 0 Å². The highest BCUT2D eigenvalue weighted by Gasteiger charge is 2.59.